The van der Waals surface area contributed by atoms with Crippen molar-refractivity contribution in [3.8, 4) is 33.4 Å². The summed E-state index contributed by atoms with van der Waals surface area (Å²) in [5.74, 6) is 1.47. The molecule has 3 aliphatic rings. The van der Waals surface area contributed by atoms with Gasteiger partial charge in [-0.1, -0.05) is 261 Å². The second-order valence-corrected chi connectivity index (χ2v) is 18.0. The quantitative estimate of drug-likeness (QED) is 0.162. The van der Waals surface area contributed by atoms with Crippen LogP contribution in [0.15, 0.2) is 271 Å². The Balaban J connectivity index is 0.978. The third-order valence-corrected chi connectivity index (χ3v) is 14.5. The smallest absolute Gasteiger partial charge is 0.159 e. The highest BCUT2D eigenvalue weighted by Crippen LogP contribution is 2.65. The van der Waals surface area contributed by atoms with E-state index in [2.05, 4.69) is 266 Å². The molecule has 10 aromatic carbocycles. The molecule has 0 saturated carbocycles. The van der Waals surface area contributed by atoms with Crippen LogP contribution in [-0.4, -0.2) is 11.7 Å². The van der Waals surface area contributed by atoms with Gasteiger partial charge >= 0.3 is 0 Å². The van der Waals surface area contributed by atoms with Crippen LogP contribution in [-0.2, 0) is 10.8 Å². The van der Waals surface area contributed by atoms with Crippen molar-refractivity contribution in [3.63, 3.8) is 0 Å². The lowest BCUT2D eigenvalue weighted by atomic mass is 9.52. The highest BCUT2D eigenvalue weighted by molar-refractivity contribution is 6.13. The van der Waals surface area contributed by atoms with Gasteiger partial charge in [-0.25, -0.2) is 9.98 Å². The number of benzene rings is 10. The van der Waals surface area contributed by atoms with Crippen molar-refractivity contribution in [1.29, 1.82) is 0 Å². The summed E-state index contributed by atoms with van der Waals surface area (Å²) in [7, 11) is 0. The van der Waals surface area contributed by atoms with Crippen LogP contribution < -0.4 is 5.32 Å². The summed E-state index contributed by atoms with van der Waals surface area (Å²) >= 11 is 0. The van der Waals surface area contributed by atoms with Gasteiger partial charge in [-0.05, 0) is 83.5 Å². The van der Waals surface area contributed by atoms with Crippen molar-refractivity contribution < 1.29 is 0 Å². The van der Waals surface area contributed by atoms with Gasteiger partial charge in [0.25, 0.3) is 0 Å². The monoisotopic (exact) mass is 867 g/mol. The Bertz CT molecular complexity index is 3550. The largest absolute Gasteiger partial charge is 0.344 e. The van der Waals surface area contributed by atoms with Crippen molar-refractivity contribution in [3.05, 3.63) is 322 Å². The third kappa shape index (κ3) is 6.06. The molecule has 0 amide bonds. The topological polar surface area (TPSA) is 36.8 Å². The molecule has 3 atom stereocenters. The summed E-state index contributed by atoms with van der Waals surface area (Å²) in [6.07, 6.45) is -0.351. The van der Waals surface area contributed by atoms with Crippen molar-refractivity contribution in [2.45, 2.75) is 17.0 Å². The first-order valence-electron chi connectivity index (χ1n) is 23.5. The molecule has 0 aromatic heterocycles. The maximum atomic E-state index is 5.37. The normalized spacial score (nSPS) is 18.6. The molecule has 1 heterocycles. The molecular formula is C65H45N3. The van der Waals surface area contributed by atoms with E-state index in [0.717, 1.165) is 28.1 Å². The highest BCUT2D eigenvalue weighted by atomic mass is 15.2. The standard InChI is InChI=1S/C65H45N3/c1-5-18-44(19-6-1)46-32-36-48(37-33-46)61-66-62(49-38-34-47(35-39-49)45-20-7-2-8-21-45)68-63(67-61)50-40-42-53(43-41-50)64(51-22-9-3-10-23-51)57-29-15-16-30-58(57)65(52-24-11-4-12-25-52)56-28-14-13-26-54(56)55-27-17-31-59(64)60(55)65/h1-43,61H,(H,66,67,68). The van der Waals surface area contributed by atoms with Crippen molar-refractivity contribution in [1.82, 2.24) is 5.32 Å². The number of fused-ring (bicyclic) bond motifs is 5. The second-order valence-electron chi connectivity index (χ2n) is 18.0. The number of nitrogens with zero attached hydrogens (tertiary/aromatic N) is 2. The number of rotatable bonds is 8. The van der Waals surface area contributed by atoms with Gasteiger partial charge in [0, 0.05) is 11.1 Å². The molecule has 320 valence electrons. The van der Waals surface area contributed by atoms with E-state index in [1.165, 1.54) is 72.3 Å². The van der Waals surface area contributed by atoms with E-state index in [4.69, 9.17) is 9.98 Å². The minimum Gasteiger partial charge on any atom is -0.344 e. The molecule has 68 heavy (non-hydrogen) atoms. The van der Waals surface area contributed by atoms with Gasteiger partial charge in [-0.3, -0.25) is 0 Å². The fourth-order valence-corrected chi connectivity index (χ4v) is 11.6. The second kappa shape index (κ2) is 16.0. The molecule has 2 aliphatic carbocycles. The van der Waals surface area contributed by atoms with Crippen molar-refractivity contribution in [2.75, 3.05) is 0 Å². The van der Waals surface area contributed by atoms with Crippen LogP contribution in [0.4, 0.5) is 0 Å². The molecule has 10 aromatic rings. The maximum absolute atomic E-state index is 5.37. The lowest BCUT2D eigenvalue weighted by Gasteiger charge is -2.49. The molecule has 0 spiro atoms. The van der Waals surface area contributed by atoms with Gasteiger partial charge in [0.1, 0.15) is 12.0 Å². The number of amidine groups is 2. The SMILES string of the molecule is c1ccc(-c2ccc(C3=NC(c4ccc(C5(c6ccccc6)c6ccccc6C6(c7ccccc7)c7ccccc7-c7cccc5c76)cc4)=NC(c4ccc(-c5ccccc5)cc4)N3)cc2)cc1. The van der Waals surface area contributed by atoms with Crippen LogP contribution in [0.5, 0.6) is 0 Å². The van der Waals surface area contributed by atoms with Crippen molar-refractivity contribution in [2.24, 2.45) is 9.98 Å². The Kier molecular flexibility index (Phi) is 9.36. The molecule has 3 unspecified atom stereocenters. The number of aliphatic imine (C=N–C) groups is 2. The van der Waals surface area contributed by atoms with E-state index in [1.54, 1.807) is 0 Å². The molecule has 1 aliphatic heterocycles. The number of hydrogen-bond donors (Lipinski definition) is 1. The highest BCUT2D eigenvalue weighted by Gasteiger charge is 2.57. The Hall–Kier alpha value is -8.66. The summed E-state index contributed by atoms with van der Waals surface area (Å²) < 4.78 is 0. The fourth-order valence-electron chi connectivity index (χ4n) is 11.6. The van der Waals surface area contributed by atoms with E-state index in [9.17, 15) is 0 Å². The van der Waals surface area contributed by atoms with Crippen LogP contribution in [0.1, 0.15) is 67.4 Å². The summed E-state index contributed by atoms with van der Waals surface area (Å²) in [5.41, 5.74) is 19.4. The summed E-state index contributed by atoms with van der Waals surface area (Å²) in [6, 6.07) is 95.1. The molecule has 3 heteroatoms. The first-order valence-corrected chi connectivity index (χ1v) is 23.5. The Labute approximate surface area is 397 Å². The van der Waals surface area contributed by atoms with E-state index in [-0.39, 0.29) is 6.17 Å². The summed E-state index contributed by atoms with van der Waals surface area (Å²) in [5, 5.41) is 3.72. The first-order chi connectivity index (χ1) is 33.7. The predicted octanol–water partition coefficient (Wildman–Crippen LogP) is 14.6. The molecule has 0 fully saturated rings. The Morgan fingerprint density at radius 3 is 1.35 bits per heavy atom. The van der Waals surface area contributed by atoms with E-state index in [0.29, 0.717) is 5.84 Å². The average molecular weight is 868 g/mol. The van der Waals surface area contributed by atoms with Gasteiger partial charge in [0.05, 0.1) is 10.8 Å². The zero-order chi connectivity index (χ0) is 45.1. The first kappa shape index (κ1) is 39.7. The molecule has 0 saturated heterocycles. The molecule has 3 nitrogen and oxygen atoms in total. The molecule has 0 bridgehead atoms. The lowest BCUT2D eigenvalue weighted by molar-refractivity contribution is 0.626. The molecule has 1 N–H and O–H groups in total. The molecule has 0 radical (unpaired) electrons. The van der Waals surface area contributed by atoms with Gasteiger partial charge in [-0.2, -0.15) is 0 Å². The van der Waals surface area contributed by atoms with Crippen LogP contribution in [0, 0.1) is 0 Å². The van der Waals surface area contributed by atoms with Gasteiger partial charge < -0.3 is 5.32 Å². The zero-order valence-electron chi connectivity index (χ0n) is 37.3. The zero-order valence-corrected chi connectivity index (χ0v) is 37.3. The number of hydrogen-bond acceptors (Lipinski definition) is 3. The number of nitrogens with one attached hydrogen (secondary N) is 1. The van der Waals surface area contributed by atoms with Gasteiger partial charge in [0.2, 0.25) is 0 Å². The molecule has 13 rings (SSSR count). The van der Waals surface area contributed by atoms with Crippen LogP contribution >= 0.6 is 0 Å². The van der Waals surface area contributed by atoms with E-state index < -0.39 is 10.8 Å². The fraction of sp³-hybridized carbons (Fsp3) is 0.0462. The maximum Gasteiger partial charge on any atom is 0.159 e. The summed E-state index contributed by atoms with van der Waals surface area (Å²) in [6.45, 7) is 0. The Morgan fingerprint density at radius 2 is 0.735 bits per heavy atom. The molecular weight excluding hydrogens is 823 g/mol. The van der Waals surface area contributed by atoms with Crippen LogP contribution in [0.25, 0.3) is 33.4 Å². The average Bonchev–Trinajstić information content (AvgIpc) is 3.74. The van der Waals surface area contributed by atoms with Crippen LogP contribution in [0.3, 0.4) is 0 Å². The minimum atomic E-state index is -0.643. The van der Waals surface area contributed by atoms with E-state index >= 15 is 0 Å². The van der Waals surface area contributed by atoms with Gasteiger partial charge in [0.15, 0.2) is 5.84 Å². The van der Waals surface area contributed by atoms with Crippen molar-refractivity contribution >= 4 is 11.7 Å². The Morgan fingerprint density at radius 1 is 0.309 bits per heavy atom. The van der Waals surface area contributed by atoms with E-state index in [1.807, 2.05) is 0 Å². The summed E-state index contributed by atoms with van der Waals surface area (Å²) in [4.78, 5) is 10.7. The lowest BCUT2D eigenvalue weighted by Crippen LogP contribution is -2.44. The third-order valence-electron chi connectivity index (χ3n) is 14.5. The minimum absolute atomic E-state index is 0.351. The predicted molar refractivity (Wildman–Crippen MR) is 278 cm³/mol. The van der Waals surface area contributed by atoms with Crippen LogP contribution in [0.2, 0.25) is 0 Å². The van der Waals surface area contributed by atoms with Gasteiger partial charge in [-0.15, -0.1) is 0 Å².